The van der Waals surface area contributed by atoms with E-state index in [0.717, 1.165) is 19.3 Å². The average Bonchev–Trinajstić information content (AvgIpc) is 2.82. The van der Waals surface area contributed by atoms with Crippen molar-refractivity contribution >= 4 is 29.6 Å². The number of aliphatic imine (C=N–C) groups is 1. The summed E-state index contributed by atoms with van der Waals surface area (Å²) in [5, 5.41) is 10.9. The number of rotatable bonds is 19. The lowest BCUT2D eigenvalue weighted by atomic mass is 10.1. The number of carbonyl (C=O) groups excluding carboxylic acids is 4. The molecule has 0 saturated carbocycles. The van der Waals surface area contributed by atoms with Crippen molar-refractivity contribution in [2.45, 2.75) is 111 Å². The van der Waals surface area contributed by atoms with Crippen LogP contribution in [0.1, 0.15) is 92.4 Å². The van der Waals surface area contributed by atoms with Crippen molar-refractivity contribution in [3.63, 3.8) is 0 Å². The molecule has 208 valence electrons. The van der Waals surface area contributed by atoms with Gasteiger partial charge in [0.1, 0.15) is 18.1 Å². The van der Waals surface area contributed by atoms with Gasteiger partial charge >= 0.3 is 0 Å². The predicted octanol–water partition coefficient (Wildman–Crippen LogP) is 1.06. The van der Waals surface area contributed by atoms with Gasteiger partial charge in [0.05, 0.1) is 0 Å². The summed E-state index contributed by atoms with van der Waals surface area (Å²) in [6, 6.07) is -2.45. The first-order valence-electron chi connectivity index (χ1n) is 13.3. The van der Waals surface area contributed by atoms with E-state index in [4.69, 9.17) is 11.5 Å². The molecule has 4 amide bonds. The Balaban J connectivity index is 5.00. The summed E-state index contributed by atoms with van der Waals surface area (Å²) in [7, 11) is 0. The number of carbonyl (C=O) groups is 4. The molecule has 0 aromatic heterocycles. The quantitative estimate of drug-likeness (QED) is 0.0856. The van der Waals surface area contributed by atoms with Gasteiger partial charge in [0, 0.05) is 19.0 Å². The van der Waals surface area contributed by atoms with Gasteiger partial charge in [0.15, 0.2) is 5.96 Å². The van der Waals surface area contributed by atoms with Crippen molar-refractivity contribution in [3.05, 3.63) is 0 Å². The van der Waals surface area contributed by atoms with Gasteiger partial charge in [-0.1, -0.05) is 59.8 Å². The minimum Gasteiger partial charge on any atom is -0.370 e. The SMILES string of the molecule is CCCCCCCCNC(=O)C(CC)NC(=O)C(CCCN=C(N)N)NC(=O)C(C)NC(=O)C(C)C. The van der Waals surface area contributed by atoms with Crippen LogP contribution < -0.4 is 32.7 Å². The minimum absolute atomic E-state index is 0.0573. The van der Waals surface area contributed by atoms with E-state index in [2.05, 4.69) is 33.2 Å². The standard InChI is InChI=1S/C25H49N7O4/c1-6-8-9-10-11-12-15-28-23(35)19(7-2)31-24(36)20(14-13-16-29-25(26)27)32-22(34)18(5)30-21(33)17(3)4/h17-20H,6-16H2,1-5H3,(H,28,35)(H,30,33)(H,31,36)(H,32,34)(H4,26,27,29). The smallest absolute Gasteiger partial charge is 0.243 e. The minimum atomic E-state index is -0.912. The van der Waals surface area contributed by atoms with Crippen molar-refractivity contribution in [3.8, 4) is 0 Å². The molecule has 0 fully saturated rings. The lowest BCUT2D eigenvalue weighted by Crippen LogP contribution is -2.56. The lowest BCUT2D eigenvalue weighted by molar-refractivity contribution is -0.134. The Labute approximate surface area is 216 Å². The molecule has 3 unspecified atom stereocenters. The number of guanidine groups is 1. The Morgan fingerprint density at radius 2 is 1.33 bits per heavy atom. The average molecular weight is 512 g/mol. The second-order valence-corrected chi connectivity index (χ2v) is 9.42. The van der Waals surface area contributed by atoms with Crippen LogP contribution in [-0.2, 0) is 19.2 Å². The van der Waals surface area contributed by atoms with Crippen molar-refractivity contribution in [1.82, 2.24) is 21.3 Å². The summed E-state index contributed by atoms with van der Waals surface area (Å²) in [6.07, 6.45) is 7.81. The summed E-state index contributed by atoms with van der Waals surface area (Å²) in [5.74, 6) is -1.82. The normalized spacial score (nSPS) is 13.3. The highest BCUT2D eigenvalue weighted by Gasteiger charge is 2.27. The van der Waals surface area contributed by atoms with Crippen molar-refractivity contribution < 1.29 is 19.2 Å². The summed E-state index contributed by atoms with van der Waals surface area (Å²) >= 11 is 0. The first-order valence-corrected chi connectivity index (χ1v) is 13.3. The Morgan fingerprint density at radius 3 is 1.92 bits per heavy atom. The van der Waals surface area contributed by atoms with Crippen LogP contribution in [0.5, 0.6) is 0 Å². The molecule has 11 heteroatoms. The number of nitrogens with zero attached hydrogens (tertiary/aromatic N) is 1. The first kappa shape index (κ1) is 33.1. The molecule has 0 aromatic rings. The Morgan fingerprint density at radius 1 is 0.722 bits per heavy atom. The predicted molar refractivity (Wildman–Crippen MR) is 143 cm³/mol. The molecule has 36 heavy (non-hydrogen) atoms. The largest absolute Gasteiger partial charge is 0.370 e. The van der Waals surface area contributed by atoms with Gasteiger partial charge in [0.25, 0.3) is 0 Å². The first-order chi connectivity index (χ1) is 17.0. The molecule has 11 nitrogen and oxygen atoms in total. The molecule has 0 aliphatic rings. The molecule has 3 atom stereocenters. The topological polar surface area (TPSA) is 181 Å². The maximum atomic E-state index is 13.0. The molecule has 0 saturated heterocycles. The van der Waals surface area contributed by atoms with E-state index in [0.29, 0.717) is 19.4 Å². The summed E-state index contributed by atoms with van der Waals surface area (Å²) in [4.78, 5) is 54.1. The van der Waals surface area contributed by atoms with Gasteiger partial charge in [-0.3, -0.25) is 24.2 Å². The number of unbranched alkanes of at least 4 members (excludes halogenated alkanes) is 5. The van der Waals surface area contributed by atoms with Crippen LogP contribution in [0, 0.1) is 5.92 Å². The van der Waals surface area contributed by atoms with E-state index in [-0.39, 0.29) is 36.7 Å². The molecular weight excluding hydrogens is 462 g/mol. The fourth-order valence-corrected chi connectivity index (χ4v) is 3.38. The van der Waals surface area contributed by atoms with Crippen LogP contribution in [0.25, 0.3) is 0 Å². The number of hydrogen-bond acceptors (Lipinski definition) is 5. The third-order valence-corrected chi connectivity index (χ3v) is 5.73. The number of nitrogens with two attached hydrogens (primary N) is 2. The van der Waals surface area contributed by atoms with Crippen LogP contribution in [0.4, 0.5) is 0 Å². The highest BCUT2D eigenvalue weighted by molar-refractivity contribution is 5.94. The zero-order valence-electron chi connectivity index (χ0n) is 22.8. The van der Waals surface area contributed by atoms with Crippen LogP contribution >= 0.6 is 0 Å². The molecule has 0 heterocycles. The van der Waals surface area contributed by atoms with E-state index >= 15 is 0 Å². The van der Waals surface area contributed by atoms with Crippen molar-refractivity contribution in [2.24, 2.45) is 22.4 Å². The number of hydrogen-bond donors (Lipinski definition) is 6. The summed E-state index contributed by atoms with van der Waals surface area (Å²) in [6.45, 7) is 9.83. The van der Waals surface area contributed by atoms with Gasteiger partial charge in [-0.15, -0.1) is 0 Å². The highest BCUT2D eigenvalue weighted by atomic mass is 16.2. The van der Waals surface area contributed by atoms with Gasteiger partial charge in [-0.2, -0.15) is 0 Å². The summed E-state index contributed by atoms with van der Waals surface area (Å²) in [5.41, 5.74) is 10.7. The monoisotopic (exact) mass is 511 g/mol. The van der Waals surface area contributed by atoms with Gasteiger partial charge in [0.2, 0.25) is 23.6 Å². The maximum Gasteiger partial charge on any atom is 0.243 e. The Bertz CT molecular complexity index is 709. The fraction of sp³-hybridized carbons (Fsp3) is 0.800. The molecule has 0 radical (unpaired) electrons. The van der Waals surface area contributed by atoms with E-state index < -0.39 is 29.9 Å². The third kappa shape index (κ3) is 15.2. The van der Waals surface area contributed by atoms with Crippen molar-refractivity contribution in [2.75, 3.05) is 13.1 Å². The Hall–Kier alpha value is -2.85. The van der Waals surface area contributed by atoms with E-state index in [9.17, 15) is 19.2 Å². The Kier molecular flexibility index (Phi) is 17.8. The molecule has 0 rings (SSSR count). The van der Waals surface area contributed by atoms with Gasteiger partial charge in [-0.25, -0.2) is 0 Å². The van der Waals surface area contributed by atoms with Crippen LogP contribution in [-0.4, -0.2) is 60.8 Å². The zero-order valence-corrected chi connectivity index (χ0v) is 22.8. The van der Waals surface area contributed by atoms with E-state index in [1.165, 1.54) is 19.3 Å². The van der Waals surface area contributed by atoms with Gasteiger partial charge < -0.3 is 32.7 Å². The maximum absolute atomic E-state index is 13.0. The summed E-state index contributed by atoms with van der Waals surface area (Å²) < 4.78 is 0. The lowest BCUT2D eigenvalue weighted by Gasteiger charge is -2.24. The highest BCUT2D eigenvalue weighted by Crippen LogP contribution is 2.05. The van der Waals surface area contributed by atoms with Crippen LogP contribution in [0.15, 0.2) is 4.99 Å². The molecule has 0 aliphatic carbocycles. The molecule has 0 aromatic carbocycles. The molecular formula is C25H49N7O4. The third-order valence-electron chi connectivity index (χ3n) is 5.73. The number of amides is 4. The fourth-order valence-electron chi connectivity index (χ4n) is 3.38. The van der Waals surface area contributed by atoms with E-state index in [1.54, 1.807) is 20.8 Å². The van der Waals surface area contributed by atoms with Crippen molar-refractivity contribution in [1.29, 1.82) is 0 Å². The second-order valence-electron chi connectivity index (χ2n) is 9.42. The number of nitrogens with one attached hydrogen (secondary N) is 4. The molecule has 0 spiro atoms. The van der Waals surface area contributed by atoms with Crippen LogP contribution in [0.2, 0.25) is 0 Å². The molecule has 0 aliphatic heterocycles. The molecule has 8 N–H and O–H groups in total. The second kappa shape index (κ2) is 19.4. The molecule has 0 bridgehead atoms. The van der Waals surface area contributed by atoms with E-state index in [1.807, 2.05) is 6.92 Å². The van der Waals surface area contributed by atoms with Crippen LogP contribution in [0.3, 0.4) is 0 Å². The zero-order chi connectivity index (χ0) is 27.5. The van der Waals surface area contributed by atoms with Gasteiger partial charge in [-0.05, 0) is 32.6 Å².